The van der Waals surface area contributed by atoms with Crippen LogP contribution in [0.1, 0.15) is 51.0 Å². The first-order valence-electron chi connectivity index (χ1n) is 8.50. The second-order valence-electron chi connectivity index (χ2n) is 7.29. The Kier molecular flexibility index (Phi) is 4.51. The molecule has 7 heteroatoms. The van der Waals surface area contributed by atoms with Crippen molar-refractivity contribution in [3.63, 3.8) is 0 Å². The van der Waals surface area contributed by atoms with Gasteiger partial charge in [-0.05, 0) is 25.8 Å². The van der Waals surface area contributed by atoms with Crippen LogP contribution in [0.4, 0.5) is 0 Å². The van der Waals surface area contributed by atoms with Crippen LogP contribution in [0.25, 0.3) is 17.0 Å². The maximum atomic E-state index is 11.7. The van der Waals surface area contributed by atoms with E-state index in [1.54, 1.807) is 4.52 Å². The fourth-order valence-corrected chi connectivity index (χ4v) is 2.72. The Labute approximate surface area is 145 Å². The average molecular weight is 344 g/mol. The number of aromatic amines is 1. The van der Waals surface area contributed by atoms with Crippen molar-refractivity contribution in [3.05, 3.63) is 39.8 Å². The monoisotopic (exact) mass is 344 g/mol. The number of furan rings is 1. The molecule has 0 aliphatic carbocycles. The number of hydrogen-bond donors (Lipinski definition) is 2. The van der Waals surface area contributed by atoms with E-state index < -0.39 is 0 Å². The van der Waals surface area contributed by atoms with Crippen LogP contribution < -0.4 is 5.56 Å². The summed E-state index contributed by atoms with van der Waals surface area (Å²) in [4.78, 5) is 20.9. The van der Waals surface area contributed by atoms with Gasteiger partial charge in [0.15, 0.2) is 11.5 Å². The number of aliphatic hydroxyl groups is 1. The molecule has 0 aliphatic heterocycles. The van der Waals surface area contributed by atoms with Gasteiger partial charge in [0.2, 0.25) is 0 Å². The Morgan fingerprint density at radius 3 is 2.64 bits per heavy atom. The molecule has 0 saturated carbocycles. The zero-order chi connectivity index (χ0) is 18.2. The van der Waals surface area contributed by atoms with Crippen molar-refractivity contribution in [2.45, 2.75) is 52.4 Å². The fourth-order valence-electron chi connectivity index (χ4n) is 2.72. The van der Waals surface area contributed by atoms with Gasteiger partial charge in [-0.25, -0.2) is 14.5 Å². The lowest BCUT2D eigenvalue weighted by Crippen LogP contribution is -2.09. The standard InChI is InChI=1S/C18H24N4O3/c1-11-12(9-13(25-11)18(2,3)4)17-19-14(7-5-6-8-23)22-15(20-17)10-16(24)21-22/h9-10,23H,5-8H2,1-4H3,(H,21,24). The zero-order valence-corrected chi connectivity index (χ0v) is 15.1. The molecule has 0 unspecified atom stereocenters. The Hall–Kier alpha value is -2.41. The summed E-state index contributed by atoms with van der Waals surface area (Å²) in [6.45, 7) is 8.30. The van der Waals surface area contributed by atoms with E-state index in [0.29, 0.717) is 30.1 Å². The Morgan fingerprint density at radius 1 is 1.24 bits per heavy atom. The van der Waals surface area contributed by atoms with E-state index >= 15 is 0 Å². The minimum absolute atomic E-state index is 0.109. The molecule has 7 nitrogen and oxygen atoms in total. The molecule has 0 saturated heterocycles. The molecule has 0 radical (unpaired) electrons. The first-order chi connectivity index (χ1) is 11.8. The largest absolute Gasteiger partial charge is 0.465 e. The summed E-state index contributed by atoms with van der Waals surface area (Å²) in [6, 6.07) is 3.43. The van der Waals surface area contributed by atoms with E-state index in [2.05, 4.69) is 35.8 Å². The van der Waals surface area contributed by atoms with Crippen LogP contribution in [0.3, 0.4) is 0 Å². The average Bonchev–Trinajstić information content (AvgIpc) is 3.09. The number of hydrogen-bond acceptors (Lipinski definition) is 5. The summed E-state index contributed by atoms with van der Waals surface area (Å²) in [5, 5.41) is 11.7. The molecule has 0 bridgehead atoms. The van der Waals surface area contributed by atoms with Gasteiger partial charge in [0.1, 0.15) is 17.3 Å². The van der Waals surface area contributed by atoms with E-state index in [-0.39, 0.29) is 17.6 Å². The van der Waals surface area contributed by atoms with Crippen molar-refractivity contribution >= 4 is 5.65 Å². The van der Waals surface area contributed by atoms with Crippen molar-refractivity contribution in [2.24, 2.45) is 0 Å². The summed E-state index contributed by atoms with van der Waals surface area (Å²) in [5.41, 5.74) is 1.05. The molecule has 0 amide bonds. The van der Waals surface area contributed by atoms with Gasteiger partial charge >= 0.3 is 0 Å². The van der Waals surface area contributed by atoms with Crippen molar-refractivity contribution < 1.29 is 9.52 Å². The normalized spacial score (nSPS) is 12.2. The number of H-pyrrole nitrogens is 1. The predicted molar refractivity (Wildman–Crippen MR) is 94.8 cm³/mol. The van der Waals surface area contributed by atoms with Gasteiger partial charge in [-0.1, -0.05) is 20.8 Å². The topological polar surface area (TPSA) is 96.4 Å². The predicted octanol–water partition coefficient (Wildman–Crippen LogP) is 2.60. The van der Waals surface area contributed by atoms with Crippen LogP contribution >= 0.6 is 0 Å². The van der Waals surface area contributed by atoms with E-state index in [4.69, 9.17) is 9.52 Å². The minimum atomic E-state index is -0.214. The van der Waals surface area contributed by atoms with Crippen LogP contribution in [0.5, 0.6) is 0 Å². The number of fused-ring (bicyclic) bond motifs is 1. The zero-order valence-electron chi connectivity index (χ0n) is 15.1. The molecule has 134 valence electrons. The second-order valence-corrected chi connectivity index (χ2v) is 7.29. The van der Waals surface area contributed by atoms with Crippen LogP contribution in [-0.4, -0.2) is 31.3 Å². The van der Waals surface area contributed by atoms with Crippen LogP contribution in [0.2, 0.25) is 0 Å². The first-order valence-corrected chi connectivity index (χ1v) is 8.50. The minimum Gasteiger partial charge on any atom is -0.465 e. The number of unbranched alkanes of at least 4 members (excludes halogenated alkanes) is 1. The number of nitrogens with one attached hydrogen (secondary N) is 1. The van der Waals surface area contributed by atoms with Gasteiger partial charge in [-0.15, -0.1) is 0 Å². The molecular weight excluding hydrogens is 320 g/mol. The number of aliphatic hydroxyl groups excluding tert-OH is 1. The van der Waals surface area contributed by atoms with Gasteiger partial charge in [-0.2, -0.15) is 0 Å². The maximum absolute atomic E-state index is 11.7. The Balaban J connectivity index is 2.10. The van der Waals surface area contributed by atoms with Crippen molar-refractivity contribution in [3.8, 4) is 11.4 Å². The highest BCUT2D eigenvalue weighted by atomic mass is 16.3. The molecule has 3 rings (SSSR count). The summed E-state index contributed by atoms with van der Waals surface area (Å²) < 4.78 is 7.51. The molecule has 0 atom stereocenters. The molecule has 0 spiro atoms. The second kappa shape index (κ2) is 6.48. The molecule has 0 aliphatic rings. The number of rotatable bonds is 5. The number of aromatic nitrogens is 4. The van der Waals surface area contributed by atoms with Crippen LogP contribution in [0.15, 0.2) is 21.3 Å². The summed E-state index contributed by atoms with van der Waals surface area (Å²) >= 11 is 0. The number of nitrogens with zero attached hydrogens (tertiary/aromatic N) is 3. The Morgan fingerprint density at radius 2 is 2.00 bits per heavy atom. The van der Waals surface area contributed by atoms with Crippen LogP contribution in [0, 0.1) is 6.92 Å². The lowest BCUT2D eigenvalue weighted by Gasteiger charge is -2.13. The van der Waals surface area contributed by atoms with Crippen molar-refractivity contribution in [2.75, 3.05) is 6.61 Å². The molecule has 3 heterocycles. The summed E-state index contributed by atoms with van der Waals surface area (Å²) in [7, 11) is 0. The lowest BCUT2D eigenvalue weighted by molar-refractivity contribution is 0.284. The summed E-state index contributed by atoms with van der Waals surface area (Å²) in [6.07, 6.45) is 2.10. The van der Waals surface area contributed by atoms with Crippen LogP contribution in [-0.2, 0) is 11.8 Å². The smallest absolute Gasteiger partial charge is 0.266 e. The van der Waals surface area contributed by atoms with E-state index in [1.165, 1.54) is 6.07 Å². The summed E-state index contributed by atoms with van der Waals surface area (Å²) in [5.74, 6) is 2.90. The van der Waals surface area contributed by atoms with Gasteiger partial charge in [0.05, 0.1) is 5.56 Å². The molecule has 3 aromatic rings. The highest BCUT2D eigenvalue weighted by Crippen LogP contribution is 2.31. The molecule has 0 fully saturated rings. The lowest BCUT2D eigenvalue weighted by atomic mass is 9.93. The molecular formula is C18H24N4O3. The molecule has 3 aromatic heterocycles. The number of aryl methyl sites for hydroxylation is 2. The van der Waals surface area contributed by atoms with E-state index in [1.807, 2.05) is 13.0 Å². The maximum Gasteiger partial charge on any atom is 0.266 e. The third-order valence-electron chi connectivity index (χ3n) is 4.13. The third-order valence-corrected chi connectivity index (χ3v) is 4.13. The van der Waals surface area contributed by atoms with E-state index in [0.717, 1.165) is 23.5 Å². The highest BCUT2D eigenvalue weighted by Gasteiger charge is 2.22. The third kappa shape index (κ3) is 3.51. The SMILES string of the molecule is Cc1oc(C(C)(C)C)cc1-c1nc(CCCCO)n2[nH]c(=O)cc2n1. The fraction of sp³-hybridized carbons (Fsp3) is 0.500. The van der Waals surface area contributed by atoms with Gasteiger partial charge in [0, 0.05) is 24.5 Å². The van der Waals surface area contributed by atoms with Gasteiger partial charge in [-0.3, -0.25) is 9.89 Å². The first kappa shape index (κ1) is 17.4. The Bertz CT molecular complexity index is 944. The van der Waals surface area contributed by atoms with Gasteiger partial charge < -0.3 is 9.52 Å². The molecule has 25 heavy (non-hydrogen) atoms. The molecule has 0 aromatic carbocycles. The van der Waals surface area contributed by atoms with Gasteiger partial charge in [0.25, 0.3) is 5.56 Å². The van der Waals surface area contributed by atoms with E-state index in [9.17, 15) is 4.79 Å². The van der Waals surface area contributed by atoms with Crippen molar-refractivity contribution in [1.82, 2.24) is 19.6 Å². The van der Waals surface area contributed by atoms with Crippen molar-refractivity contribution in [1.29, 1.82) is 0 Å². The highest BCUT2D eigenvalue weighted by molar-refractivity contribution is 5.61. The molecule has 2 N–H and O–H groups in total. The quantitative estimate of drug-likeness (QED) is 0.694.